The van der Waals surface area contributed by atoms with Crippen LogP contribution in [-0.2, 0) is 0 Å². The monoisotopic (exact) mass is 297 g/mol. The molecule has 0 amide bonds. The van der Waals surface area contributed by atoms with Crippen LogP contribution in [0, 0.1) is 11.3 Å². The molecule has 0 bridgehead atoms. The van der Waals surface area contributed by atoms with Gasteiger partial charge in [-0.05, 0) is 6.07 Å². The maximum absolute atomic E-state index is 9.31. The highest BCUT2D eigenvalue weighted by molar-refractivity contribution is 6.99. The minimum Gasteiger partial charge on any atom is -0.423 e. The fourth-order valence-corrected chi connectivity index (χ4v) is 12.5. The Morgan fingerprint density at radius 2 is 1.67 bits per heavy atom. The van der Waals surface area contributed by atoms with Crippen molar-refractivity contribution < 1.29 is 0 Å². The first kappa shape index (κ1) is 15.2. The van der Waals surface area contributed by atoms with Crippen molar-refractivity contribution in [1.29, 1.82) is 5.26 Å². The summed E-state index contributed by atoms with van der Waals surface area (Å²) in [5.41, 5.74) is 1.46. The summed E-state index contributed by atoms with van der Waals surface area (Å²) >= 11 is 6.04. The molecule has 0 aliphatic carbocycles. The Balaban J connectivity index is 3.51. The Kier molecular flexibility index (Phi) is 4.26. The molecule has 1 rings (SSSR count). The summed E-state index contributed by atoms with van der Waals surface area (Å²) in [6, 6.07) is 4.11. The fourth-order valence-electron chi connectivity index (χ4n) is 2.45. The molecule has 0 aliphatic rings. The van der Waals surface area contributed by atoms with Gasteiger partial charge in [0.25, 0.3) is 0 Å². The molecule has 0 N–H and O–H groups in total. The van der Waals surface area contributed by atoms with E-state index in [9.17, 15) is 5.26 Å². The van der Waals surface area contributed by atoms with Crippen molar-refractivity contribution in [3.8, 4) is 6.07 Å². The summed E-state index contributed by atoms with van der Waals surface area (Å²) in [6.07, 6.45) is 1.69. The van der Waals surface area contributed by atoms with Gasteiger partial charge in [0, 0.05) is 11.9 Å². The van der Waals surface area contributed by atoms with Crippen LogP contribution in [0.15, 0.2) is 12.3 Å². The van der Waals surface area contributed by atoms with Crippen LogP contribution >= 0.6 is 11.6 Å². The second-order valence-corrected chi connectivity index (χ2v) is 16.7. The molecule has 0 saturated heterocycles. The molecular formula is C12H20ClN3Si2. The lowest BCUT2D eigenvalue weighted by Crippen LogP contribution is -2.59. The number of nitrogens with zero attached hydrogens (tertiary/aromatic N) is 3. The van der Waals surface area contributed by atoms with Gasteiger partial charge in [-0.25, -0.2) is 4.98 Å². The molecule has 6 heteroatoms. The van der Waals surface area contributed by atoms with Gasteiger partial charge in [-0.1, -0.05) is 50.9 Å². The molecule has 0 saturated carbocycles. The lowest BCUT2D eigenvalue weighted by atomic mass is 10.3. The Labute approximate surface area is 117 Å². The van der Waals surface area contributed by atoms with Gasteiger partial charge in [0.05, 0.1) is 0 Å². The third-order valence-electron chi connectivity index (χ3n) is 2.58. The van der Waals surface area contributed by atoms with Gasteiger partial charge in [0.2, 0.25) is 0 Å². The Bertz CT molecular complexity index is 470. The SMILES string of the molecule is C[Si](C)(C)N(c1ccnc(Cl)c1C#N)[Si](C)(C)C. The van der Waals surface area contributed by atoms with E-state index < -0.39 is 16.5 Å². The van der Waals surface area contributed by atoms with Crippen molar-refractivity contribution in [1.82, 2.24) is 4.98 Å². The minimum absolute atomic E-state index is 0.302. The third kappa shape index (κ3) is 3.13. The molecule has 0 spiro atoms. The van der Waals surface area contributed by atoms with Crippen LogP contribution in [0.3, 0.4) is 0 Å². The van der Waals surface area contributed by atoms with E-state index in [0.29, 0.717) is 10.7 Å². The quantitative estimate of drug-likeness (QED) is 0.623. The number of anilines is 1. The molecule has 3 nitrogen and oxygen atoms in total. The van der Waals surface area contributed by atoms with Crippen LogP contribution in [0.2, 0.25) is 44.4 Å². The van der Waals surface area contributed by atoms with Crippen LogP contribution in [0.4, 0.5) is 5.69 Å². The van der Waals surface area contributed by atoms with Crippen molar-refractivity contribution in [2.75, 3.05) is 4.23 Å². The molecule has 98 valence electrons. The molecule has 0 atom stereocenters. The predicted octanol–water partition coefficient (Wildman–Crippen LogP) is 4.08. The minimum atomic E-state index is -1.58. The van der Waals surface area contributed by atoms with Crippen molar-refractivity contribution >= 4 is 33.8 Å². The summed E-state index contributed by atoms with van der Waals surface area (Å²) in [5, 5.41) is 9.61. The normalized spacial score (nSPS) is 12.1. The molecule has 1 aromatic heterocycles. The van der Waals surface area contributed by atoms with Crippen LogP contribution in [0.5, 0.6) is 0 Å². The molecule has 0 radical (unpaired) electrons. The fraction of sp³-hybridized carbons (Fsp3) is 0.500. The Morgan fingerprint density at radius 3 is 2.06 bits per heavy atom. The van der Waals surface area contributed by atoms with E-state index in [2.05, 4.69) is 54.6 Å². The highest BCUT2D eigenvalue weighted by atomic mass is 35.5. The zero-order chi connectivity index (χ0) is 14.1. The lowest BCUT2D eigenvalue weighted by molar-refractivity contribution is 1.26. The number of hydrogen-bond acceptors (Lipinski definition) is 3. The number of hydrogen-bond donors (Lipinski definition) is 0. The van der Waals surface area contributed by atoms with Gasteiger partial charge in [-0.15, -0.1) is 0 Å². The second-order valence-electron chi connectivity index (χ2n) is 6.28. The van der Waals surface area contributed by atoms with Crippen LogP contribution in [0.1, 0.15) is 5.56 Å². The zero-order valence-electron chi connectivity index (χ0n) is 11.9. The predicted molar refractivity (Wildman–Crippen MR) is 83.1 cm³/mol. The first-order chi connectivity index (χ1) is 8.09. The van der Waals surface area contributed by atoms with Gasteiger partial charge >= 0.3 is 0 Å². The summed E-state index contributed by atoms with van der Waals surface area (Å²) in [5.74, 6) is 0. The summed E-state index contributed by atoms with van der Waals surface area (Å²) in [4.78, 5) is 4.00. The third-order valence-corrected chi connectivity index (χ3v) is 10.1. The maximum atomic E-state index is 9.31. The van der Waals surface area contributed by atoms with Crippen molar-refractivity contribution in [3.05, 3.63) is 23.0 Å². The standard InChI is InChI=1S/C12H20ClN3Si2/c1-17(2,3)16(18(4,5)6)11-7-8-15-12(13)10(11)9-14/h7-8H,1-6H3. The van der Waals surface area contributed by atoms with E-state index in [1.54, 1.807) is 6.20 Å². The molecular weight excluding hydrogens is 278 g/mol. The number of rotatable bonds is 3. The van der Waals surface area contributed by atoms with Gasteiger partial charge in [0.15, 0.2) is 0 Å². The Morgan fingerprint density at radius 1 is 1.17 bits per heavy atom. The number of aromatic nitrogens is 1. The van der Waals surface area contributed by atoms with E-state index >= 15 is 0 Å². The molecule has 0 aromatic carbocycles. The molecule has 0 unspecified atom stereocenters. The first-order valence-electron chi connectivity index (χ1n) is 5.94. The van der Waals surface area contributed by atoms with E-state index in [0.717, 1.165) is 5.69 Å². The topological polar surface area (TPSA) is 39.9 Å². The number of pyridine rings is 1. The Hall–Kier alpha value is -0.836. The van der Waals surface area contributed by atoms with Crippen LogP contribution in [0.25, 0.3) is 0 Å². The van der Waals surface area contributed by atoms with Crippen molar-refractivity contribution in [3.63, 3.8) is 0 Å². The highest BCUT2D eigenvalue weighted by Gasteiger charge is 2.36. The van der Waals surface area contributed by atoms with Gasteiger partial charge < -0.3 is 4.23 Å². The molecule has 1 heterocycles. The van der Waals surface area contributed by atoms with E-state index in [1.165, 1.54) is 0 Å². The van der Waals surface area contributed by atoms with E-state index in [-0.39, 0.29) is 0 Å². The van der Waals surface area contributed by atoms with Gasteiger partial charge in [-0.3, -0.25) is 0 Å². The number of halogens is 1. The molecule has 18 heavy (non-hydrogen) atoms. The maximum Gasteiger partial charge on any atom is 0.148 e. The molecule has 0 aliphatic heterocycles. The van der Waals surface area contributed by atoms with Crippen LogP contribution < -0.4 is 4.23 Å². The molecule has 1 aromatic rings. The van der Waals surface area contributed by atoms with Crippen molar-refractivity contribution in [2.24, 2.45) is 0 Å². The zero-order valence-corrected chi connectivity index (χ0v) is 14.6. The van der Waals surface area contributed by atoms with Gasteiger partial charge in [-0.2, -0.15) is 5.26 Å². The summed E-state index contributed by atoms with van der Waals surface area (Å²) in [7, 11) is -3.15. The second kappa shape index (κ2) is 5.04. The largest absolute Gasteiger partial charge is 0.423 e. The number of nitriles is 1. The lowest BCUT2D eigenvalue weighted by Gasteiger charge is -2.46. The summed E-state index contributed by atoms with van der Waals surface area (Å²) in [6.45, 7) is 13.8. The van der Waals surface area contributed by atoms with Gasteiger partial charge in [0.1, 0.15) is 33.3 Å². The average molecular weight is 298 g/mol. The van der Waals surface area contributed by atoms with E-state index in [4.69, 9.17) is 11.6 Å². The smallest absolute Gasteiger partial charge is 0.148 e. The van der Waals surface area contributed by atoms with Crippen LogP contribution in [-0.4, -0.2) is 21.5 Å². The molecule has 0 fully saturated rings. The average Bonchev–Trinajstić information content (AvgIpc) is 2.13. The summed E-state index contributed by atoms with van der Waals surface area (Å²) < 4.78 is 2.48. The first-order valence-corrected chi connectivity index (χ1v) is 13.2. The highest BCUT2D eigenvalue weighted by Crippen LogP contribution is 2.33. The van der Waals surface area contributed by atoms with E-state index in [1.807, 2.05) is 6.07 Å². The van der Waals surface area contributed by atoms with Crippen molar-refractivity contribution in [2.45, 2.75) is 39.3 Å².